The Balaban J connectivity index is 2.70. The van der Waals surface area contributed by atoms with Crippen molar-refractivity contribution < 1.29 is 0 Å². The maximum Gasteiger partial charge on any atom is 0.0408 e. The molecule has 102 valence electrons. The number of rotatable bonds is 7. The maximum atomic E-state index is 3.86. The molecule has 0 saturated carbocycles. The minimum Gasteiger partial charge on any atom is -0.345 e. The minimum atomic E-state index is 1.04. The summed E-state index contributed by atoms with van der Waals surface area (Å²) in [6.45, 7) is 7.48. The third-order valence-electron chi connectivity index (χ3n) is 2.70. The van der Waals surface area contributed by atoms with Crippen LogP contribution in [0.3, 0.4) is 0 Å². The summed E-state index contributed by atoms with van der Waals surface area (Å²) in [5, 5.41) is 0. The fourth-order valence-electron chi connectivity index (χ4n) is 1.61. The van der Waals surface area contributed by atoms with Crippen molar-refractivity contribution in [1.29, 1.82) is 0 Å². The van der Waals surface area contributed by atoms with Gasteiger partial charge in [0.15, 0.2) is 0 Å². The smallest absolute Gasteiger partial charge is 0.0408 e. The van der Waals surface area contributed by atoms with Crippen LogP contribution in [0, 0.1) is 0 Å². The monoisotopic (exact) mass is 263 g/mol. The summed E-state index contributed by atoms with van der Waals surface area (Å²) in [5.74, 6) is 0. The first-order valence-corrected chi connectivity index (χ1v) is 6.53. The lowest BCUT2D eigenvalue weighted by molar-refractivity contribution is 1.14. The third-order valence-corrected chi connectivity index (χ3v) is 2.70. The van der Waals surface area contributed by atoms with Crippen LogP contribution in [0.25, 0.3) is 0 Å². The third kappa shape index (κ3) is 5.40. The summed E-state index contributed by atoms with van der Waals surface area (Å²) in [6, 6.07) is 10.2. The van der Waals surface area contributed by atoms with Crippen molar-refractivity contribution in [2.75, 3.05) is 11.9 Å². The van der Waals surface area contributed by atoms with E-state index < -0.39 is 0 Å². The molecule has 0 radical (unpaired) electrons. The first kappa shape index (κ1) is 15.5. The maximum absolute atomic E-state index is 3.86. The predicted molar refractivity (Wildman–Crippen MR) is 90.7 cm³/mol. The zero-order valence-electron chi connectivity index (χ0n) is 11.9. The van der Waals surface area contributed by atoms with E-state index in [4.69, 9.17) is 0 Å². The van der Waals surface area contributed by atoms with Gasteiger partial charge in [0.2, 0.25) is 0 Å². The zero-order valence-corrected chi connectivity index (χ0v) is 11.9. The van der Waals surface area contributed by atoms with Gasteiger partial charge in [-0.05, 0) is 24.3 Å². The van der Waals surface area contributed by atoms with Gasteiger partial charge in [0.25, 0.3) is 0 Å². The average molecular weight is 263 g/mol. The van der Waals surface area contributed by atoms with E-state index in [0.29, 0.717) is 0 Å². The van der Waals surface area contributed by atoms with Crippen molar-refractivity contribution in [3.63, 3.8) is 0 Å². The second-order valence-electron chi connectivity index (χ2n) is 4.08. The highest BCUT2D eigenvalue weighted by atomic mass is 15.1. The van der Waals surface area contributed by atoms with Crippen molar-refractivity contribution in [3.05, 3.63) is 104 Å². The Morgan fingerprint density at radius 2 is 1.50 bits per heavy atom. The van der Waals surface area contributed by atoms with Crippen LogP contribution in [0.5, 0.6) is 0 Å². The second-order valence-corrected chi connectivity index (χ2v) is 4.08. The molecule has 0 amide bonds. The molecular weight excluding hydrogens is 242 g/mol. The minimum absolute atomic E-state index is 1.04. The van der Waals surface area contributed by atoms with Gasteiger partial charge in [-0.2, -0.15) is 0 Å². The van der Waals surface area contributed by atoms with Gasteiger partial charge in [-0.25, -0.2) is 0 Å². The van der Waals surface area contributed by atoms with Crippen molar-refractivity contribution in [3.8, 4) is 0 Å². The molecule has 0 fully saturated rings. The Bertz CT molecular complexity index is 530. The van der Waals surface area contributed by atoms with Crippen LogP contribution in [0.15, 0.2) is 104 Å². The van der Waals surface area contributed by atoms with E-state index in [1.54, 1.807) is 6.08 Å². The molecule has 0 saturated heterocycles. The molecule has 20 heavy (non-hydrogen) atoms. The van der Waals surface area contributed by atoms with Gasteiger partial charge in [-0.3, -0.25) is 0 Å². The predicted octanol–water partition coefficient (Wildman–Crippen LogP) is 5.05. The summed E-state index contributed by atoms with van der Waals surface area (Å²) < 4.78 is 0. The lowest BCUT2D eigenvalue weighted by atomic mass is 10.2. The fourth-order valence-corrected chi connectivity index (χ4v) is 1.61. The summed E-state index contributed by atoms with van der Waals surface area (Å²) in [6.07, 6.45) is 17.4. The highest BCUT2D eigenvalue weighted by Crippen LogP contribution is 2.16. The molecule has 1 rings (SSSR count). The number of anilines is 1. The normalized spacial score (nSPS) is 12.3. The van der Waals surface area contributed by atoms with E-state index in [1.807, 2.05) is 73.9 Å². The topological polar surface area (TPSA) is 3.24 Å². The average Bonchev–Trinajstić information content (AvgIpc) is 2.50. The number of para-hydroxylation sites is 1. The number of benzene rings is 1. The summed E-state index contributed by atoms with van der Waals surface area (Å²) >= 11 is 0. The van der Waals surface area contributed by atoms with E-state index in [1.165, 1.54) is 0 Å². The van der Waals surface area contributed by atoms with Gasteiger partial charge in [0, 0.05) is 18.4 Å². The van der Waals surface area contributed by atoms with E-state index in [2.05, 4.69) is 30.2 Å². The first-order valence-electron chi connectivity index (χ1n) is 6.53. The largest absolute Gasteiger partial charge is 0.345 e. The zero-order chi connectivity index (χ0) is 14.6. The van der Waals surface area contributed by atoms with Crippen LogP contribution in [-0.4, -0.2) is 7.05 Å². The summed E-state index contributed by atoms with van der Waals surface area (Å²) in [4.78, 5) is 2.10. The van der Waals surface area contributed by atoms with Gasteiger partial charge < -0.3 is 4.90 Å². The molecule has 1 aromatic carbocycles. The number of allylic oxidation sites excluding steroid dienone is 9. The number of likely N-dealkylation sites (N-methyl/N-ethyl adjacent to an activating group) is 1. The van der Waals surface area contributed by atoms with Gasteiger partial charge in [-0.1, -0.05) is 73.9 Å². The Morgan fingerprint density at radius 3 is 2.10 bits per heavy atom. The van der Waals surface area contributed by atoms with Gasteiger partial charge in [0.05, 0.1) is 0 Å². The quantitative estimate of drug-likeness (QED) is 0.622. The van der Waals surface area contributed by atoms with E-state index in [-0.39, 0.29) is 0 Å². The van der Waals surface area contributed by atoms with Crippen molar-refractivity contribution >= 4 is 5.69 Å². The van der Waals surface area contributed by atoms with Crippen LogP contribution in [0.1, 0.15) is 0 Å². The summed E-state index contributed by atoms with van der Waals surface area (Å²) in [5.41, 5.74) is 2.18. The molecule has 0 N–H and O–H groups in total. The SMILES string of the molecule is C=C\C=C/C=C\C=C/C=C(\C=C)N(C)c1ccccc1. The Morgan fingerprint density at radius 1 is 0.900 bits per heavy atom. The second kappa shape index (κ2) is 9.40. The van der Waals surface area contributed by atoms with Crippen molar-refractivity contribution in [1.82, 2.24) is 0 Å². The lowest BCUT2D eigenvalue weighted by Gasteiger charge is -2.19. The van der Waals surface area contributed by atoms with Crippen molar-refractivity contribution in [2.45, 2.75) is 0 Å². The van der Waals surface area contributed by atoms with E-state index in [9.17, 15) is 0 Å². The highest BCUT2D eigenvalue weighted by molar-refractivity contribution is 5.53. The van der Waals surface area contributed by atoms with Crippen LogP contribution in [0.4, 0.5) is 5.69 Å². The molecule has 0 heterocycles. The van der Waals surface area contributed by atoms with Crippen LogP contribution in [-0.2, 0) is 0 Å². The number of nitrogens with zero attached hydrogens (tertiary/aromatic N) is 1. The molecule has 0 aliphatic carbocycles. The Labute approximate surface area is 122 Å². The van der Waals surface area contributed by atoms with Crippen LogP contribution < -0.4 is 4.90 Å². The van der Waals surface area contributed by atoms with Gasteiger partial charge in [-0.15, -0.1) is 0 Å². The van der Waals surface area contributed by atoms with Crippen LogP contribution >= 0.6 is 0 Å². The molecule has 0 spiro atoms. The molecule has 0 aliphatic heterocycles. The number of hydrogen-bond acceptors (Lipinski definition) is 1. The number of hydrogen-bond donors (Lipinski definition) is 0. The first-order chi connectivity index (χ1) is 9.79. The molecular formula is C19H21N. The molecule has 1 aromatic rings. The molecule has 0 bridgehead atoms. The molecule has 0 aromatic heterocycles. The standard InChI is InChI=1S/C19H21N/c1-4-6-7-8-9-10-12-15-18(5-2)20(3)19-16-13-11-14-17-19/h4-17H,1-2H2,3H3/b7-6-,9-8-,12-10-,18-15+. The van der Waals surface area contributed by atoms with Crippen molar-refractivity contribution in [2.24, 2.45) is 0 Å². The Hall–Kier alpha value is -2.54. The molecule has 0 aliphatic rings. The lowest BCUT2D eigenvalue weighted by Crippen LogP contribution is -2.14. The molecule has 1 nitrogen and oxygen atoms in total. The fraction of sp³-hybridized carbons (Fsp3) is 0.0526. The molecule has 0 atom stereocenters. The van der Waals surface area contributed by atoms with Gasteiger partial charge in [0.1, 0.15) is 0 Å². The molecule has 1 heteroatoms. The Kier molecular flexibility index (Phi) is 7.29. The molecule has 0 unspecified atom stereocenters. The van der Waals surface area contributed by atoms with Crippen LogP contribution in [0.2, 0.25) is 0 Å². The van der Waals surface area contributed by atoms with E-state index in [0.717, 1.165) is 11.4 Å². The van der Waals surface area contributed by atoms with E-state index >= 15 is 0 Å². The van der Waals surface area contributed by atoms with Gasteiger partial charge >= 0.3 is 0 Å². The summed E-state index contributed by atoms with van der Waals surface area (Å²) in [7, 11) is 2.03. The highest BCUT2D eigenvalue weighted by Gasteiger charge is 2.01.